The first kappa shape index (κ1) is 13.2. The highest BCUT2D eigenvalue weighted by Crippen LogP contribution is 2.01. The fourth-order valence-corrected chi connectivity index (χ4v) is 1.19. The first-order chi connectivity index (χ1) is 8.13. The van der Waals surface area contributed by atoms with E-state index in [9.17, 15) is 14.0 Å². The van der Waals surface area contributed by atoms with E-state index in [0.717, 1.165) is 6.42 Å². The van der Waals surface area contributed by atoms with Crippen LogP contribution >= 0.6 is 0 Å². The molecule has 1 rings (SSSR count). The lowest BCUT2D eigenvalue weighted by atomic mass is 10.2. The Morgan fingerprint density at radius 1 is 1.18 bits per heavy atom. The van der Waals surface area contributed by atoms with E-state index in [4.69, 9.17) is 0 Å². The largest absolute Gasteiger partial charge is 0.355 e. The molecule has 1 aromatic rings. The van der Waals surface area contributed by atoms with Crippen LogP contribution in [0.15, 0.2) is 24.3 Å². The summed E-state index contributed by atoms with van der Waals surface area (Å²) in [5.74, 6) is -1.03. The lowest BCUT2D eigenvalue weighted by Crippen LogP contribution is -2.37. The molecule has 2 amide bonds. The van der Waals surface area contributed by atoms with E-state index in [-0.39, 0.29) is 12.5 Å². The molecule has 0 unspecified atom stereocenters. The maximum atomic E-state index is 12.6. The molecule has 0 heterocycles. The number of rotatable bonds is 5. The zero-order valence-corrected chi connectivity index (χ0v) is 9.63. The third-order valence-electron chi connectivity index (χ3n) is 2.09. The van der Waals surface area contributed by atoms with Crippen molar-refractivity contribution in [2.45, 2.75) is 13.3 Å². The number of halogens is 1. The van der Waals surface area contributed by atoms with Gasteiger partial charge in [0.05, 0.1) is 6.54 Å². The quantitative estimate of drug-likeness (QED) is 0.806. The van der Waals surface area contributed by atoms with Gasteiger partial charge in [-0.1, -0.05) is 6.92 Å². The molecule has 1 aromatic carbocycles. The van der Waals surface area contributed by atoms with Crippen LogP contribution in [0.25, 0.3) is 0 Å². The highest BCUT2D eigenvalue weighted by Gasteiger charge is 2.07. The second-order valence-electron chi connectivity index (χ2n) is 3.54. The Bertz CT molecular complexity index is 390. The number of nitrogens with one attached hydrogen (secondary N) is 2. The molecule has 4 nitrogen and oxygen atoms in total. The number of benzene rings is 1. The van der Waals surface area contributed by atoms with Crippen LogP contribution in [0.2, 0.25) is 0 Å². The van der Waals surface area contributed by atoms with Gasteiger partial charge in [0.2, 0.25) is 5.91 Å². The molecule has 0 aliphatic heterocycles. The fraction of sp³-hybridized carbons (Fsp3) is 0.333. The number of hydrogen-bond donors (Lipinski definition) is 2. The van der Waals surface area contributed by atoms with Gasteiger partial charge in [-0.25, -0.2) is 4.39 Å². The van der Waals surface area contributed by atoms with E-state index >= 15 is 0 Å². The van der Waals surface area contributed by atoms with Crippen LogP contribution < -0.4 is 10.6 Å². The van der Waals surface area contributed by atoms with Crippen LogP contribution in [0.3, 0.4) is 0 Å². The molecular formula is C12H15FN2O2. The summed E-state index contributed by atoms with van der Waals surface area (Å²) in [5.41, 5.74) is 0.328. The van der Waals surface area contributed by atoms with Crippen LogP contribution in [0.4, 0.5) is 4.39 Å². The van der Waals surface area contributed by atoms with Crippen LogP contribution in [0.1, 0.15) is 23.7 Å². The normalized spacial score (nSPS) is 9.76. The predicted octanol–water partition coefficient (Wildman–Crippen LogP) is 1.08. The van der Waals surface area contributed by atoms with Crippen molar-refractivity contribution in [3.8, 4) is 0 Å². The molecule has 5 heteroatoms. The SMILES string of the molecule is CCCNC(=O)CNC(=O)c1ccc(F)cc1. The molecule has 0 spiro atoms. The maximum Gasteiger partial charge on any atom is 0.251 e. The summed E-state index contributed by atoms with van der Waals surface area (Å²) in [6.45, 7) is 2.46. The van der Waals surface area contributed by atoms with Crippen molar-refractivity contribution >= 4 is 11.8 Å². The molecule has 17 heavy (non-hydrogen) atoms. The van der Waals surface area contributed by atoms with E-state index in [1.54, 1.807) is 0 Å². The van der Waals surface area contributed by atoms with Gasteiger partial charge in [0.25, 0.3) is 5.91 Å². The number of hydrogen-bond acceptors (Lipinski definition) is 2. The van der Waals surface area contributed by atoms with Crippen molar-refractivity contribution in [2.75, 3.05) is 13.1 Å². The van der Waals surface area contributed by atoms with Crippen molar-refractivity contribution in [1.29, 1.82) is 0 Å². The summed E-state index contributed by atoms with van der Waals surface area (Å²) in [6, 6.07) is 5.14. The minimum Gasteiger partial charge on any atom is -0.355 e. The molecule has 0 aliphatic rings. The van der Waals surface area contributed by atoms with Gasteiger partial charge in [-0.2, -0.15) is 0 Å². The standard InChI is InChI=1S/C12H15FN2O2/c1-2-7-14-11(16)8-15-12(17)9-3-5-10(13)6-4-9/h3-6H,2,7-8H2,1H3,(H,14,16)(H,15,17). The third kappa shape index (κ3) is 4.63. The van der Waals surface area contributed by atoms with Gasteiger partial charge in [-0.3, -0.25) is 9.59 Å². The molecular weight excluding hydrogens is 223 g/mol. The average Bonchev–Trinajstić information content (AvgIpc) is 2.34. The van der Waals surface area contributed by atoms with Crippen molar-refractivity contribution in [3.05, 3.63) is 35.6 Å². The van der Waals surface area contributed by atoms with Crippen LogP contribution in [0.5, 0.6) is 0 Å². The highest BCUT2D eigenvalue weighted by molar-refractivity contribution is 5.96. The summed E-state index contributed by atoms with van der Waals surface area (Å²) in [4.78, 5) is 22.7. The van der Waals surface area contributed by atoms with Gasteiger partial charge >= 0.3 is 0 Å². The molecule has 2 N–H and O–H groups in total. The van der Waals surface area contributed by atoms with Gasteiger partial charge in [0.1, 0.15) is 5.82 Å². The summed E-state index contributed by atoms with van der Waals surface area (Å²) in [7, 11) is 0. The maximum absolute atomic E-state index is 12.6. The summed E-state index contributed by atoms with van der Waals surface area (Å²) in [5, 5.41) is 5.09. The van der Waals surface area contributed by atoms with E-state index in [0.29, 0.717) is 12.1 Å². The van der Waals surface area contributed by atoms with Gasteiger partial charge in [-0.05, 0) is 30.7 Å². The minimum atomic E-state index is -0.401. The second kappa shape index (κ2) is 6.62. The Morgan fingerprint density at radius 3 is 2.41 bits per heavy atom. The Labute approximate surface area is 99.2 Å². The smallest absolute Gasteiger partial charge is 0.251 e. The average molecular weight is 238 g/mol. The van der Waals surface area contributed by atoms with Gasteiger partial charge in [0.15, 0.2) is 0 Å². The molecule has 0 aliphatic carbocycles. The summed E-state index contributed by atoms with van der Waals surface area (Å²) < 4.78 is 12.6. The summed E-state index contributed by atoms with van der Waals surface area (Å²) in [6.07, 6.45) is 0.845. The van der Waals surface area contributed by atoms with Crippen LogP contribution in [-0.2, 0) is 4.79 Å². The van der Waals surface area contributed by atoms with Crippen molar-refractivity contribution in [1.82, 2.24) is 10.6 Å². The Morgan fingerprint density at radius 2 is 1.82 bits per heavy atom. The third-order valence-corrected chi connectivity index (χ3v) is 2.09. The zero-order valence-electron chi connectivity index (χ0n) is 9.63. The van der Waals surface area contributed by atoms with Crippen LogP contribution in [0, 0.1) is 5.82 Å². The minimum absolute atomic E-state index is 0.0732. The molecule has 0 atom stereocenters. The Kier molecular flexibility index (Phi) is 5.13. The highest BCUT2D eigenvalue weighted by atomic mass is 19.1. The molecule has 0 saturated heterocycles. The molecule has 92 valence electrons. The molecule has 0 bridgehead atoms. The van der Waals surface area contributed by atoms with E-state index in [1.165, 1.54) is 24.3 Å². The fourth-order valence-electron chi connectivity index (χ4n) is 1.19. The lowest BCUT2D eigenvalue weighted by Gasteiger charge is -2.05. The molecule has 0 fully saturated rings. The monoisotopic (exact) mass is 238 g/mol. The van der Waals surface area contributed by atoms with E-state index in [2.05, 4.69) is 10.6 Å². The van der Waals surface area contributed by atoms with E-state index < -0.39 is 11.7 Å². The number of amides is 2. The lowest BCUT2D eigenvalue weighted by molar-refractivity contribution is -0.120. The van der Waals surface area contributed by atoms with Crippen molar-refractivity contribution < 1.29 is 14.0 Å². The zero-order chi connectivity index (χ0) is 12.7. The Balaban J connectivity index is 2.39. The van der Waals surface area contributed by atoms with E-state index in [1.807, 2.05) is 6.92 Å². The summed E-state index contributed by atoms with van der Waals surface area (Å²) >= 11 is 0. The predicted molar refractivity (Wildman–Crippen MR) is 62.0 cm³/mol. The second-order valence-corrected chi connectivity index (χ2v) is 3.54. The van der Waals surface area contributed by atoms with Crippen LogP contribution in [-0.4, -0.2) is 24.9 Å². The van der Waals surface area contributed by atoms with Crippen molar-refractivity contribution in [3.63, 3.8) is 0 Å². The first-order valence-electron chi connectivity index (χ1n) is 5.44. The van der Waals surface area contributed by atoms with Gasteiger partial charge in [0, 0.05) is 12.1 Å². The molecule has 0 saturated carbocycles. The van der Waals surface area contributed by atoms with Crippen molar-refractivity contribution in [2.24, 2.45) is 0 Å². The Hall–Kier alpha value is -1.91. The topological polar surface area (TPSA) is 58.2 Å². The van der Waals surface area contributed by atoms with Gasteiger partial charge < -0.3 is 10.6 Å². The number of carbonyl (C=O) groups excluding carboxylic acids is 2. The first-order valence-corrected chi connectivity index (χ1v) is 5.44. The van der Waals surface area contributed by atoms with Gasteiger partial charge in [-0.15, -0.1) is 0 Å². The number of carbonyl (C=O) groups is 2. The molecule has 0 radical (unpaired) electrons. The molecule has 0 aromatic heterocycles.